The molecule has 1 aromatic carbocycles. The van der Waals surface area contributed by atoms with Gasteiger partial charge in [0, 0.05) is 18.3 Å². The highest BCUT2D eigenvalue weighted by Crippen LogP contribution is 2.11. The summed E-state index contributed by atoms with van der Waals surface area (Å²) in [5, 5.41) is 9.24. The number of hydrogen-bond donors (Lipinski definition) is 2. The van der Waals surface area contributed by atoms with Crippen molar-refractivity contribution in [1.29, 1.82) is 0 Å². The topological polar surface area (TPSA) is 58.2 Å². The van der Waals surface area contributed by atoms with Gasteiger partial charge in [0.15, 0.2) is 0 Å². The van der Waals surface area contributed by atoms with Gasteiger partial charge in [-0.25, -0.2) is 0 Å². The van der Waals surface area contributed by atoms with Gasteiger partial charge >= 0.3 is 0 Å². The van der Waals surface area contributed by atoms with E-state index in [9.17, 15) is 9.59 Å². The van der Waals surface area contributed by atoms with Crippen molar-refractivity contribution in [3.05, 3.63) is 52.2 Å². The Morgan fingerprint density at radius 2 is 1.89 bits per heavy atom. The highest BCUT2D eigenvalue weighted by atomic mass is 32.1. The summed E-state index contributed by atoms with van der Waals surface area (Å²) in [6.07, 6.45) is 0.362. The van der Waals surface area contributed by atoms with E-state index in [2.05, 4.69) is 10.6 Å². The van der Waals surface area contributed by atoms with Gasteiger partial charge in [0.2, 0.25) is 5.91 Å². The maximum atomic E-state index is 11.8. The maximum absolute atomic E-state index is 11.8. The normalized spacial score (nSPS) is 9.95. The van der Waals surface area contributed by atoms with Crippen molar-refractivity contribution in [2.24, 2.45) is 0 Å². The number of benzene rings is 1. The summed E-state index contributed by atoms with van der Waals surface area (Å²) < 4.78 is 0. The van der Waals surface area contributed by atoms with E-state index in [0.29, 0.717) is 17.7 Å². The zero-order valence-corrected chi connectivity index (χ0v) is 11.3. The smallest absolute Gasteiger partial charge is 0.251 e. The van der Waals surface area contributed by atoms with Gasteiger partial charge in [-0.05, 0) is 46.7 Å². The van der Waals surface area contributed by atoms with Crippen LogP contribution in [0.5, 0.6) is 0 Å². The Morgan fingerprint density at radius 3 is 2.47 bits per heavy atom. The molecule has 0 unspecified atom stereocenters. The third kappa shape index (κ3) is 3.66. The molecule has 2 rings (SSSR count). The summed E-state index contributed by atoms with van der Waals surface area (Å²) in [6, 6.07) is 8.73. The summed E-state index contributed by atoms with van der Waals surface area (Å²) in [5.41, 5.74) is 2.26. The second kappa shape index (κ2) is 6.15. The number of nitrogens with one attached hydrogen (secondary N) is 2. The summed E-state index contributed by atoms with van der Waals surface area (Å²) in [4.78, 5) is 23.1. The minimum atomic E-state index is -0.142. The van der Waals surface area contributed by atoms with Crippen LogP contribution in [0.4, 0.5) is 5.69 Å². The second-order valence-electron chi connectivity index (χ2n) is 4.01. The minimum absolute atomic E-state index is 0.0638. The van der Waals surface area contributed by atoms with E-state index in [1.165, 1.54) is 0 Å². The van der Waals surface area contributed by atoms with E-state index in [-0.39, 0.29) is 11.8 Å². The van der Waals surface area contributed by atoms with Crippen molar-refractivity contribution in [2.75, 3.05) is 12.4 Å². The van der Waals surface area contributed by atoms with Gasteiger partial charge in [-0.2, -0.15) is 11.3 Å². The SMILES string of the molecule is CNC(=O)c1ccc(NC(=O)Cc2ccsc2)cc1. The molecule has 0 aliphatic carbocycles. The lowest BCUT2D eigenvalue weighted by atomic mass is 10.2. The van der Waals surface area contributed by atoms with Crippen LogP contribution in [-0.2, 0) is 11.2 Å². The van der Waals surface area contributed by atoms with Gasteiger partial charge < -0.3 is 10.6 Å². The monoisotopic (exact) mass is 274 g/mol. The minimum Gasteiger partial charge on any atom is -0.355 e. The lowest BCUT2D eigenvalue weighted by Gasteiger charge is -2.05. The largest absolute Gasteiger partial charge is 0.355 e. The van der Waals surface area contributed by atoms with Crippen LogP contribution in [0.25, 0.3) is 0 Å². The first-order valence-corrected chi connectivity index (χ1v) is 6.76. The van der Waals surface area contributed by atoms with Crippen LogP contribution in [0, 0.1) is 0 Å². The molecule has 0 aliphatic rings. The fourth-order valence-electron chi connectivity index (χ4n) is 1.63. The van der Waals surface area contributed by atoms with E-state index in [1.54, 1.807) is 42.6 Å². The molecular weight excluding hydrogens is 260 g/mol. The van der Waals surface area contributed by atoms with Crippen molar-refractivity contribution < 1.29 is 9.59 Å². The number of hydrogen-bond acceptors (Lipinski definition) is 3. The van der Waals surface area contributed by atoms with Crippen LogP contribution in [0.15, 0.2) is 41.1 Å². The Labute approximate surface area is 115 Å². The molecule has 2 N–H and O–H groups in total. The molecule has 4 nitrogen and oxygen atoms in total. The Morgan fingerprint density at radius 1 is 1.16 bits per heavy atom. The highest BCUT2D eigenvalue weighted by Gasteiger charge is 2.06. The zero-order valence-electron chi connectivity index (χ0n) is 10.5. The molecule has 0 radical (unpaired) electrons. The maximum Gasteiger partial charge on any atom is 0.251 e. The Bertz CT molecular complexity index is 562. The molecule has 0 atom stereocenters. The van der Waals surface area contributed by atoms with E-state index < -0.39 is 0 Å². The third-order valence-corrected chi connectivity index (χ3v) is 3.33. The van der Waals surface area contributed by atoms with Crippen molar-refractivity contribution in [3.8, 4) is 0 Å². The fourth-order valence-corrected chi connectivity index (χ4v) is 2.30. The quantitative estimate of drug-likeness (QED) is 0.898. The summed E-state index contributed by atoms with van der Waals surface area (Å²) in [7, 11) is 1.58. The molecule has 2 aromatic rings. The zero-order chi connectivity index (χ0) is 13.7. The Balaban J connectivity index is 1.96. The predicted octanol–water partition coefficient (Wildman–Crippen LogP) is 2.29. The lowest BCUT2D eigenvalue weighted by molar-refractivity contribution is -0.115. The molecule has 0 fully saturated rings. The van der Waals surface area contributed by atoms with E-state index in [0.717, 1.165) is 5.56 Å². The van der Waals surface area contributed by atoms with Gasteiger partial charge in [-0.15, -0.1) is 0 Å². The fraction of sp³-hybridized carbons (Fsp3) is 0.143. The average Bonchev–Trinajstić information content (AvgIpc) is 2.91. The molecule has 5 heteroatoms. The second-order valence-corrected chi connectivity index (χ2v) is 4.79. The molecule has 2 amide bonds. The van der Waals surface area contributed by atoms with E-state index in [1.807, 2.05) is 16.8 Å². The first-order valence-electron chi connectivity index (χ1n) is 5.82. The number of rotatable bonds is 4. The van der Waals surface area contributed by atoms with Crippen molar-refractivity contribution in [3.63, 3.8) is 0 Å². The van der Waals surface area contributed by atoms with Gasteiger partial charge in [0.25, 0.3) is 5.91 Å². The molecule has 1 aromatic heterocycles. The van der Waals surface area contributed by atoms with Crippen LogP contribution >= 0.6 is 11.3 Å². The molecule has 0 saturated carbocycles. The first-order chi connectivity index (χ1) is 9.19. The van der Waals surface area contributed by atoms with Crippen LogP contribution in [0.3, 0.4) is 0 Å². The Kier molecular flexibility index (Phi) is 4.30. The summed E-state index contributed by atoms with van der Waals surface area (Å²) in [5.74, 6) is -0.206. The molecule has 19 heavy (non-hydrogen) atoms. The molecular formula is C14H14N2O2S. The lowest BCUT2D eigenvalue weighted by Crippen LogP contribution is -2.18. The van der Waals surface area contributed by atoms with Gasteiger partial charge in [-0.1, -0.05) is 0 Å². The van der Waals surface area contributed by atoms with Crippen molar-refractivity contribution in [2.45, 2.75) is 6.42 Å². The van der Waals surface area contributed by atoms with E-state index >= 15 is 0 Å². The highest BCUT2D eigenvalue weighted by molar-refractivity contribution is 7.08. The van der Waals surface area contributed by atoms with Gasteiger partial charge in [0.05, 0.1) is 6.42 Å². The Hall–Kier alpha value is -2.14. The third-order valence-electron chi connectivity index (χ3n) is 2.60. The number of anilines is 1. The summed E-state index contributed by atoms with van der Waals surface area (Å²) in [6.45, 7) is 0. The molecule has 0 bridgehead atoms. The van der Waals surface area contributed by atoms with Crippen LogP contribution < -0.4 is 10.6 Å². The van der Waals surface area contributed by atoms with E-state index in [4.69, 9.17) is 0 Å². The average molecular weight is 274 g/mol. The predicted molar refractivity (Wildman–Crippen MR) is 76.5 cm³/mol. The molecule has 0 spiro atoms. The first kappa shape index (κ1) is 13.3. The molecule has 1 heterocycles. The van der Waals surface area contributed by atoms with Gasteiger partial charge in [-0.3, -0.25) is 9.59 Å². The molecule has 0 aliphatic heterocycles. The number of carbonyl (C=O) groups excluding carboxylic acids is 2. The van der Waals surface area contributed by atoms with Crippen LogP contribution in [-0.4, -0.2) is 18.9 Å². The van der Waals surface area contributed by atoms with Crippen LogP contribution in [0.1, 0.15) is 15.9 Å². The van der Waals surface area contributed by atoms with Crippen molar-refractivity contribution in [1.82, 2.24) is 5.32 Å². The molecule has 98 valence electrons. The summed E-state index contributed by atoms with van der Waals surface area (Å²) >= 11 is 1.57. The van der Waals surface area contributed by atoms with Crippen LogP contribution in [0.2, 0.25) is 0 Å². The molecule has 0 saturated heterocycles. The number of carbonyl (C=O) groups is 2. The number of thiophene rings is 1. The van der Waals surface area contributed by atoms with Crippen molar-refractivity contribution >= 4 is 28.8 Å². The number of amides is 2. The van der Waals surface area contributed by atoms with Gasteiger partial charge in [0.1, 0.15) is 0 Å². The standard InChI is InChI=1S/C14H14N2O2S/c1-15-14(18)11-2-4-12(5-3-11)16-13(17)8-10-6-7-19-9-10/h2-7,9H,8H2,1H3,(H,15,18)(H,16,17).